The lowest BCUT2D eigenvalue weighted by Gasteiger charge is -2.13. The van der Waals surface area contributed by atoms with Crippen molar-refractivity contribution in [3.63, 3.8) is 0 Å². The standard InChI is InChI=1S/C20H25ClN2O5S2/c1-28-19-11-8-16(21)14-20(19)30(26,27)22-13-12-15-6-9-18(10-7-15)29(24,25)23-17-4-2-3-5-17/h6-11,14,17,22-23H,2-5,12-13H2,1H3. The van der Waals surface area contributed by atoms with E-state index in [0.717, 1.165) is 31.2 Å². The number of hydrogen-bond acceptors (Lipinski definition) is 5. The van der Waals surface area contributed by atoms with Crippen molar-refractivity contribution >= 4 is 31.6 Å². The summed E-state index contributed by atoms with van der Waals surface area (Å²) < 4.78 is 60.4. The molecule has 164 valence electrons. The minimum Gasteiger partial charge on any atom is -0.495 e. The summed E-state index contributed by atoms with van der Waals surface area (Å²) in [4.78, 5) is 0.180. The maximum absolute atomic E-state index is 12.6. The summed E-state index contributed by atoms with van der Waals surface area (Å²) in [5.74, 6) is 0.205. The van der Waals surface area contributed by atoms with Gasteiger partial charge in [-0.15, -0.1) is 0 Å². The summed E-state index contributed by atoms with van der Waals surface area (Å²) in [5.41, 5.74) is 0.815. The third-order valence-electron chi connectivity index (χ3n) is 5.03. The molecular formula is C20H25ClN2O5S2. The van der Waals surface area contributed by atoms with Crippen molar-refractivity contribution in [1.82, 2.24) is 9.44 Å². The van der Waals surface area contributed by atoms with Crippen molar-refractivity contribution in [2.24, 2.45) is 0 Å². The monoisotopic (exact) mass is 472 g/mol. The summed E-state index contributed by atoms with van der Waals surface area (Å²) >= 11 is 5.91. The molecule has 1 fully saturated rings. The van der Waals surface area contributed by atoms with Gasteiger partial charge in [0.15, 0.2) is 0 Å². The molecule has 2 aromatic rings. The molecule has 3 rings (SSSR count). The third kappa shape index (κ3) is 5.73. The quantitative estimate of drug-likeness (QED) is 0.584. The van der Waals surface area contributed by atoms with E-state index in [1.54, 1.807) is 30.3 Å². The lowest BCUT2D eigenvalue weighted by molar-refractivity contribution is 0.402. The van der Waals surface area contributed by atoms with Gasteiger partial charge in [0.2, 0.25) is 20.0 Å². The number of sulfonamides is 2. The number of rotatable bonds is 9. The molecule has 0 spiro atoms. The normalized spacial score (nSPS) is 15.4. The van der Waals surface area contributed by atoms with Gasteiger partial charge >= 0.3 is 0 Å². The third-order valence-corrected chi connectivity index (χ3v) is 8.29. The average Bonchev–Trinajstić information content (AvgIpc) is 3.20. The molecule has 0 aromatic heterocycles. The Labute approximate surface area is 182 Å². The van der Waals surface area contributed by atoms with Crippen LogP contribution in [0.4, 0.5) is 0 Å². The molecule has 10 heteroatoms. The van der Waals surface area contributed by atoms with E-state index < -0.39 is 20.0 Å². The number of benzene rings is 2. The van der Waals surface area contributed by atoms with Crippen molar-refractivity contribution < 1.29 is 21.6 Å². The maximum atomic E-state index is 12.6. The SMILES string of the molecule is COc1ccc(Cl)cc1S(=O)(=O)NCCc1ccc(S(=O)(=O)NC2CCCC2)cc1. The van der Waals surface area contributed by atoms with Crippen LogP contribution in [-0.2, 0) is 26.5 Å². The molecule has 0 radical (unpaired) electrons. The van der Waals surface area contributed by atoms with E-state index in [2.05, 4.69) is 9.44 Å². The zero-order valence-electron chi connectivity index (χ0n) is 16.6. The van der Waals surface area contributed by atoms with E-state index in [1.807, 2.05) is 0 Å². The van der Waals surface area contributed by atoms with Crippen LogP contribution in [0.3, 0.4) is 0 Å². The van der Waals surface area contributed by atoms with E-state index in [9.17, 15) is 16.8 Å². The first-order valence-corrected chi connectivity index (χ1v) is 13.0. The molecule has 2 aromatic carbocycles. The molecule has 0 atom stereocenters. The van der Waals surface area contributed by atoms with Crippen LogP contribution >= 0.6 is 11.6 Å². The Morgan fingerprint density at radius 2 is 1.67 bits per heavy atom. The summed E-state index contributed by atoms with van der Waals surface area (Å²) in [6, 6.07) is 10.9. The van der Waals surface area contributed by atoms with Crippen LogP contribution in [0.2, 0.25) is 5.02 Å². The predicted molar refractivity (Wildman–Crippen MR) is 116 cm³/mol. The van der Waals surface area contributed by atoms with Crippen LogP contribution < -0.4 is 14.2 Å². The Morgan fingerprint density at radius 3 is 2.30 bits per heavy atom. The van der Waals surface area contributed by atoms with Gasteiger partial charge in [-0.3, -0.25) is 0 Å². The van der Waals surface area contributed by atoms with Crippen molar-refractivity contribution in [1.29, 1.82) is 0 Å². The molecule has 2 N–H and O–H groups in total. The van der Waals surface area contributed by atoms with E-state index in [4.69, 9.17) is 16.3 Å². The highest BCUT2D eigenvalue weighted by Crippen LogP contribution is 2.27. The minimum atomic E-state index is -3.81. The molecule has 0 unspecified atom stereocenters. The van der Waals surface area contributed by atoms with Crippen LogP contribution in [0, 0.1) is 0 Å². The van der Waals surface area contributed by atoms with Crippen LogP contribution in [0.25, 0.3) is 0 Å². The smallest absolute Gasteiger partial charge is 0.244 e. The zero-order valence-corrected chi connectivity index (χ0v) is 19.0. The van der Waals surface area contributed by atoms with Crippen molar-refractivity contribution in [2.45, 2.75) is 47.9 Å². The molecule has 0 aliphatic heterocycles. The van der Waals surface area contributed by atoms with Gasteiger partial charge in [-0.05, 0) is 55.2 Å². The first-order valence-electron chi connectivity index (χ1n) is 9.66. The molecule has 0 amide bonds. The molecule has 7 nitrogen and oxygen atoms in total. The molecule has 0 bridgehead atoms. The van der Waals surface area contributed by atoms with E-state index in [0.29, 0.717) is 11.4 Å². The van der Waals surface area contributed by atoms with Crippen molar-refractivity contribution in [2.75, 3.05) is 13.7 Å². The maximum Gasteiger partial charge on any atom is 0.244 e. The van der Waals surface area contributed by atoms with Gasteiger partial charge < -0.3 is 4.74 Å². The highest BCUT2D eigenvalue weighted by atomic mass is 35.5. The lowest BCUT2D eigenvalue weighted by atomic mass is 10.2. The Balaban J connectivity index is 1.61. The lowest BCUT2D eigenvalue weighted by Crippen LogP contribution is -2.32. The Morgan fingerprint density at radius 1 is 1.00 bits per heavy atom. The molecule has 0 heterocycles. The summed E-state index contributed by atoms with van der Waals surface area (Å²) in [6.07, 6.45) is 4.23. The van der Waals surface area contributed by atoms with Gasteiger partial charge in [-0.2, -0.15) is 0 Å². The Hall–Kier alpha value is -1.65. The van der Waals surface area contributed by atoms with Gasteiger partial charge in [0.05, 0.1) is 12.0 Å². The van der Waals surface area contributed by atoms with Gasteiger partial charge in [0.25, 0.3) is 0 Å². The minimum absolute atomic E-state index is 0.00700. The summed E-state index contributed by atoms with van der Waals surface area (Å²) in [5, 5.41) is 0.291. The first-order chi connectivity index (χ1) is 14.2. The number of nitrogens with one attached hydrogen (secondary N) is 2. The van der Waals surface area contributed by atoms with Crippen LogP contribution in [-0.4, -0.2) is 36.5 Å². The van der Waals surface area contributed by atoms with E-state index in [1.165, 1.54) is 19.2 Å². The zero-order chi connectivity index (χ0) is 21.8. The molecule has 1 saturated carbocycles. The van der Waals surface area contributed by atoms with Gasteiger partial charge in [-0.1, -0.05) is 36.6 Å². The first kappa shape index (κ1) is 23.0. The Kier molecular flexibility index (Phi) is 7.41. The number of hydrogen-bond donors (Lipinski definition) is 2. The van der Waals surface area contributed by atoms with Crippen LogP contribution in [0.5, 0.6) is 5.75 Å². The summed E-state index contributed by atoms with van der Waals surface area (Å²) in [7, 11) is -5.96. The van der Waals surface area contributed by atoms with Crippen LogP contribution in [0.15, 0.2) is 52.3 Å². The highest BCUT2D eigenvalue weighted by Gasteiger charge is 2.23. The fourth-order valence-corrected chi connectivity index (χ4v) is 6.20. The second-order valence-electron chi connectivity index (χ2n) is 7.19. The number of ether oxygens (including phenoxy) is 1. The van der Waals surface area contributed by atoms with Gasteiger partial charge in [-0.25, -0.2) is 26.3 Å². The topological polar surface area (TPSA) is 102 Å². The molecule has 1 aliphatic carbocycles. The average molecular weight is 473 g/mol. The summed E-state index contributed by atoms with van der Waals surface area (Å²) in [6.45, 7) is 0.143. The van der Waals surface area contributed by atoms with E-state index in [-0.39, 0.29) is 28.1 Å². The molecule has 30 heavy (non-hydrogen) atoms. The molecule has 1 aliphatic rings. The largest absolute Gasteiger partial charge is 0.495 e. The number of halogens is 1. The van der Waals surface area contributed by atoms with Gasteiger partial charge in [0.1, 0.15) is 10.6 Å². The second kappa shape index (κ2) is 9.65. The fraction of sp³-hybridized carbons (Fsp3) is 0.400. The Bertz CT molecular complexity index is 1080. The van der Waals surface area contributed by atoms with Crippen molar-refractivity contribution in [3.05, 3.63) is 53.1 Å². The van der Waals surface area contributed by atoms with Crippen LogP contribution in [0.1, 0.15) is 31.2 Å². The van der Waals surface area contributed by atoms with Crippen molar-refractivity contribution in [3.8, 4) is 5.75 Å². The fourth-order valence-electron chi connectivity index (χ4n) is 3.43. The number of methoxy groups -OCH3 is 1. The molecular weight excluding hydrogens is 448 g/mol. The molecule has 0 saturated heterocycles. The van der Waals surface area contributed by atoms with E-state index >= 15 is 0 Å². The predicted octanol–water partition coefficient (Wildman–Crippen LogP) is 3.09. The second-order valence-corrected chi connectivity index (χ2v) is 11.1. The van der Waals surface area contributed by atoms with Gasteiger partial charge in [0, 0.05) is 17.6 Å². The highest BCUT2D eigenvalue weighted by molar-refractivity contribution is 7.89.